The standard InChI is InChI=1S/C15H17FN4O5/c1-15(2,3)8-5-10(20-14(24)19(4)17-18-20)12(6-9(8)16)25-7-11(21)13(22)23/h5-6H,7H2,1-4H3,(H,22,23). The zero-order valence-electron chi connectivity index (χ0n) is 14.1. The van der Waals surface area contributed by atoms with Gasteiger partial charge in [0.05, 0.1) is 0 Å². The number of Topliss-reactive ketones (excluding diaryl/α,β-unsaturated/α-hetero) is 1. The molecule has 0 bridgehead atoms. The molecule has 0 saturated heterocycles. The van der Waals surface area contributed by atoms with Gasteiger partial charge in [-0.3, -0.25) is 4.79 Å². The third-order valence-electron chi connectivity index (χ3n) is 3.40. The highest BCUT2D eigenvalue weighted by Crippen LogP contribution is 2.32. The molecule has 1 heterocycles. The normalized spacial score (nSPS) is 11.4. The van der Waals surface area contributed by atoms with Crippen molar-refractivity contribution in [2.24, 2.45) is 7.05 Å². The number of carboxylic acids is 1. The number of tetrazole rings is 1. The van der Waals surface area contributed by atoms with Crippen LogP contribution in [0.2, 0.25) is 0 Å². The maximum absolute atomic E-state index is 14.4. The molecule has 9 nitrogen and oxygen atoms in total. The van der Waals surface area contributed by atoms with E-state index in [1.807, 2.05) is 0 Å². The molecule has 0 aliphatic carbocycles. The number of carbonyl (C=O) groups is 2. The zero-order valence-corrected chi connectivity index (χ0v) is 14.1. The highest BCUT2D eigenvalue weighted by atomic mass is 19.1. The predicted octanol–water partition coefficient (Wildman–Crippen LogP) is 0.435. The van der Waals surface area contributed by atoms with E-state index in [9.17, 15) is 18.8 Å². The molecule has 25 heavy (non-hydrogen) atoms. The summed E-state index contributed by atoms with van der Waals surface area (Å²) in [5.41, 5.74) is -0.847. The molecule has 134 valence electrons. The van der Waals surface area contributed by atoms with Gasteiger partial charge in [0.15, 0.2) is 6.61 Å². The second kappa shape index (κ2) is 6.46. The van der Waals surface area contributed by atoms with Crippen molar-refractivity contribution in [2.45, 2.75) is 26.2 Å². The lowest BCUT2D eigenvalue weighted by molar-refractivity contribution is -0.150. The van der Waals surface area contributed by atoms with Crippen molar-refractivity contribution in [1.82, 2.24) is 19.8 Å². The van der Waals surface area contributed by atoms with Crippen LogP contribution in [0.5, 0.6) is 5.75 Å². The smallest absolute Gasteiger partial charge is 0.375 e. The Morgan fingerprint density at radius 2 is 1.92 bits per heavy atom. The topological polar surface area (TPSA) is 116 Å². The number of aromatic nitrogens is 4. The van der Waals surface area contributed by atoms with Gasteiger partial charge in [0.1, 0.15) is 17.3 Å². The average molecular weight is 352 g/mol. The number of benzene rings is 1. The summed E-state index contributed by atoms with van der Waals surface area (Å²) in [5.74, 6) is -3.70. The van der Waals surface area contributed by atoms with Crippen LogP contribution in [0.25, 0.3) is 5.69 Å². The highest BCUT2D eigenvalue weighted by Gasteiger charge is 2.24. The lowest BCUT2D eigenvalue weighted by Gasteiger charge is -2.22. The van der Waals surface area contributed by atoms with Crippen LogP contribution in [-0.2, 0) is 22.1 Å². The fourth-order valence-electron chi connectivity index (χ4n) is 2.07. The van der Waals surface area contributed by atoms with Gasteiger partial charge < -0.3 is 9.84 Å². The predicted molar refractivity (Wildman–Crippen MR) is 83.4 cm³/mol. The van der Waals surface area contributed by atoms with Crippen molar-refractivity contribution >= 4 is 11.8 Å². The van der Waals surface area contributed by atoms with Crippen LogP contribution in [0.3, 0.4) is 0 Å². The maximum atomic E-state index is 14.4. The number of aryl methyl sites for hydroxylation is 1. The number of carbonyl (C=O) groups excluding carboxylic acids is 1. The van der Waals surface area contributed by atoms with Gasteiger partial charge in [-0.25, -0.2) is 14.0 Å². The van der Waals surface area contributed by atoms with Crippen LogP contribution < -0.4 is 10.4 Å². The van der Waals surface area contributed by atoms with E-state index in [-0.39, 0.29) is 17.0 Å². The molecule has 1 aromatic heterocycles. The fourth-order valence-corrected chi connectivity index (χ4v) is 2.07. The Kier molecular flexibility index (Phi) is 4.73. The summed E-state index contributed by atoms with van der Waals surface area (Å²) in [6.07, 6.45) is 0. The van der Waals surface area contributed by atoms with Gasteiger partial charge in [0.25, 0.3) is 5.78 Å². The third-order valence-corrected chi connectivity index (χ3v) is 3.40. The molecule has 0 aliphatic heterocycles. The molecule has 0 amide bonds. The summed E-state index contributed by atoms with van der Waals surface area (Å²) in [6, 6.07) is 2.36. The van der Waals surface area contributed by atoms with E-state index in [4.69, 9.17) is 9.84 Å². The molecule has 0 fully saturated rings. The number of hydrogen-bond donors (Lipinski definition) is 1. The van der Waals surface area contributed by atoms with Crippen LogP contribution in [0.4, 0.5) is 4.39 Å². The van der Waals surface area contributed by atoms with E-state index in [2.05, 4.69) is 10.4 Å². The first-order chi connectivity index (χ1) is 11.5. The van der Waals surface area contributed by atoms with Crippen molar-refractivity contribution in [3.05, 3.63) is 34.0 Å². The Labute approximate surface area is 141 Å². The van der Waals surface area contributed by atoms with Crippen molar-refractivity contribution in [3.8, 4) is 11.4 Å². The Balaban J connectivity index is 2.59. The molecule has 0 atom stereocenters. The maximum Gasteiger partial charge on any atom is 0.375 e. The molecule has 0 unspecified atom stereocenters. The SMILES string of the molecule is Cn1nnn(-c2cc(C(C)(C)C)c(F)cc2OCC(=O)C(=O)O)c1=O. The fraction of sp³-hybridized carbons (Fsp3) is 0.400. The van der Waals surface area contributed by atoms with E-state index < -0.39 is 35.3 Å². The summed E-state index contributed by atoms with van der Waals surface area (Å²) in [6.45, 7) is 4.53. The molecule has 0 aliphatic rings. The second-order valence-corrected chi connectivity index (χ2v) is 6.36. The Hall–Kier alpha value is -3.04. The van der Waals surface area contributed by atoms with Gasteiger partial charge in [-0.2, -0.15) is 9.36 Å². The highest BCUT2D eigenvalue weighted by molar-refractivity contribution is 6.33. The third kappa shape index (κ3) is 3.73. The number of nitrogens with zero attached hydrogens (tertiary/aromatic N) is 4. The summed E-state index contributed by atoms with van der Waals surface area (Å²) in [4.78, 5) is 33.9. The molecular weight excluding hydrogens is 335 g/mol. The number of carboxylic acid groups (broad SMARTS) is 1. The average Bonchev–Trinajstić information content (AvgIpc) is 2.83. The van der Waals surface area contributed by atoms with Crippen molar-refractivity contribution in [3.63, 3.8) is 0 Å². The molecular formula is C15H17FN4O5. The van der Waals surface area contributed by atoms with Crippen molar-refractivity contribution < 1.29 is 23.8 Å². The molecule has 0 saturated carbocycles. The minimum Gasteiger partial charge on any atom is -0.483 e. The van der Waals surface area contributed by atoms with Crippen LogP contribution in [-0.4, -0.2) is 43.3 Å². The zero-order chi connectivity index (χ0) is 18.9. The Morgan fingerprint density at radius 3 is 2.40 bits per heavy atom. The monoisotopic (exact) mass is 352 g/mol. The van der Waals surface area contributed by atoms with Crippen LogP contribution in [0.1, 0.15) is 26.3 Å². The van der Waals surface area contributed by atoms with E-state index in [1.165, 1.54) is 13.1 Å². The molecule has 10 heteroatoms. The van der Waals surface area contributed by atoms with E-state index in [0.717, 1.165) is 15.4 Å². The number of hydrogen-bond acceptors (Lipinski definition) is 6. The van der Waals surface area contributed by atoms with Gasteiger partial charge in [-0.05, 0) is 27.5 Å². The van der Waals surface area contributed by atoms with E-state index >= 15 is 0 Å². The molecule has 0 radical (unpaired) electrons. The van der Waals surface area contributed by atoms with Gasteiger partial charge in [-0.1, -0.05) is 20.8 Å². The second-order valence-electron chi connectivity index (χ2n) is 6.36. The first-order valence-corrected chi connectivity index (χ1v) is 7.24. The minimum atomic E-state index is -1.68. The summed E-state index contributed by atoms with van der Waals surface area (Å²) in [5, 5.41) is 15.9. The number of aliphatic carboxylic acids is 1. The lowest BCUT2D eigenvalue weighted by atomic mass is 9.86. The number of ether oxygens (including phenoxy) is 1. The number of ketones is 1. The molecule has 2 rings (SSSR count). The molecule has 1 N–H and O–H groups in total. The van der Waals surface area contributed by atoms with Crippen LogP contribution in [0, 0.1) is 5.82 Å². The van der Waals surface area contributed by atoms with E-state index in [1.54, 1.807) is 20.8 Å². The van der Waals surface area contributed by atoms with E-state index in [0.29, 0.717) is 0 Å². The molecule has 0 spiro atoms. The summed E-state index contributed by atoms with van der Waals surface area (Å²) < 4.78 is 21.4. The van der Waals surface area contributed by atoms with Gasteiger partial charge in [-0.15, -0.1) is 0 Å². The summed E-state index contributed by atoms with van der Waals surface area (Å²) >= 11 is 0. The van der Waals surface area contributed by atoms with Gasteiger partial charge in [0, 0.05) is 13.1 Å². The summed E-state index contributed by atoms with van der Waals surface area (Å²) in [7, 11) is 1.38. The minimum absolute atomic E-state index is 0.0580. The van der Waals surface area contributed by atoms with Crippen molar-refractivity contribution in [2.75, 3.05) is 6.61 Å². The Bertz CT molecular complexity index is 894. The number of rotatable bonds is 5. The lowest BCUT2D eigenvalue weighted by Crippen LogP contribution is -2.25. The first-order valence-electron chi connectivity index (χ1n) is 7.24. The first kappa shape index (κ1) is 18.3. The van der Waals surface area contributed by atoms with Crippen molar-refractivity contribution in [1.29, 1.82) is 0 Å². The molecule has 2 aromatic rings. The Morgan fingerprint density at radius 1 is 1.28 bits per heavy atom. The van der Waals surface area contributed by atoms with Gasteiger partial charge in [0.2, 0.25) is 0 Å². The largest absolute Gasteiger partial charge is 0.483 e. The van der Waals surface area contributed by atoms with Crippen LogP contribution >= 0.6 is 0 Å². The molecule has 1 aromatic carbocycles. The van der Waals surface area contributed by atoms with Gasteiger partial charge >= 0.3 is 11.7 Å². The quantitative estimate of drug-likeness (QED) is 0.776. The van der Waals surface area contributed by atoms with Crippen LogP contribution in [0.15, 0.2) is 16.9 Å². The number of halogens is 1.